The van der Waals surface area contributed by atoms with Crippen LogP contribution in [0.15, 0.2) is 29.4 Å². The Balaban J connectivity index is 1.76. The molecule has 0 N–H and O–H groups in total. The Morgan fingerprint density at radius 2 is 1.95 bits per heavy atom. The highest BCUT2D eigenvalue weighted by atomic mass is 35.5. The van der Waals surface area contributed by atoms with Crippen LogP contribution in [-0.4, -0.2) is 11.7 Å². The molecule has 0 radical (unpaired) electrons. The largest absolute Gasteiger partial charge is 0.365 e. The van der Waals surface area contributed by atoms with Crippen molar-refractivity contribution in [2.75, 3.05) is 0 Å². The number of benzene rings is 1. The van der Waals surface area contributed by atoms with E-state index in [1.54, 1.807) is 24.3 Å². The molecule has 1 aromatic rings. The van der Waals surface area contributed by atoms with Gasteiger partial charge in [-0.15, -0.1) is 0 Å². The number of nitrogens with zero attached hydrogens (tertiary/aromatic N) is 1. The molecule has 112 valence electrons. The molecule has 3 nitrogen and oxygen atoms in total. The Kier molecular flexibility index (Phi) is 3.36. The quantitative estimate of drug-likeness (QED) is 0.587. The lowest BCUT2D eigenvalue weighted by atomic mass is 9.70. The van der Waals surface area contributed by atoms with E-state index in [1.165, 1.54) is 6.42 Å². The number of carbonyl (C=O) groups is 1. The van der Waals surface area contributed by atoms with Crippen LogP contribution in [0.2, 0.25) is 5.02 Å². The minimum absolute atomic E-state index is 0.0535. The van der Waals surface area contributed by atoms with Gasteiger partial charge in [0.25, 0.3) is 0 Å². The highest BCUT2D eigenvalue weighted by Crippen LogP contribution is 2.63. The number of oxime groups is 1. The van der Waals surface area contributed by atoms with Crippen molar-refractivity contribution in [3.05, 3.63) is 34.9 Å². The number of carbonyl (C=O) groups excluding carboxylic acids is 1. The zero-order valence-electron chi connectivity index (χ0n) is 12.6. The second-order valence-corrected chi connectivity index (χ2v) is 7.35. The zero-order valence-corrected chi connectivity index (χ0v) is 13.4. The van der Waals surface area contributed by atoms with Crippen LogP contribution >= 0.6 is 11.6 Å². The molecule has 0 amide bonds. The van der Waals surface area contributed by atoms with Crippen molar-refractivity contribution in [1.82, 2.24) is 0 Å². The van der Waals surface area contributed by atoms with Gasteiger partial charge in [-0.1, -0.05) is 37.5 Å². The highest BCUT2D eigenvalue weighted by molar-refractivity contribution is 6.30. The predicted molar refractivity (Wildman–Crippen MR) is 83.5 cm³/mol. The van der Waals surface area contributed by atoms with E-state index in [0.717, 1.165) is 18.6 Å². The maximum absolute atomic E-state index is 12.0. The molecule has 1 aromatic carbocycles. The average Bonchev–Trinajstić information content (AvgIpc) is 2.78. The fourth-order valence-corrected chi connectivity index (χ4v) is 3.93. The number of rotatable bonds is 2. The van der Waals surface area contributed by atoms with E-state index in [0.29, 0.717) is 16.5 Å². The predicted octanol–water partition coefficient (Wildman–Crippen LogP) is 4.70. The highest BCUT2D eigenvalue weighted by Gasteiger charge is 2.60. The lowest BCUT2D eigenvalue weighted by Crippen LogP contribution is -2.32. The van der Waals surface area contributed by atoms with Crippen molar-refractivity contribution >= 4 is 23.3 Å². The summed E-state index contributed by atoms with van der Waals surface area (Å²) in [6.45, 7) is 6.84. The van der Waals surface area contributed by atoms with Crippen molar-refractivity contribution in [3.63, 3.8) is 0 Å². The lowest BCUT2D eigenvalue weighted by Gasteiger charge is -2.34. The van der Waals surface area contributed by atoms with Crippen LogP contribution in [0.3, 0.4) is 0 Å². The fraction of sp³-hybridized carbons (Fsp3) is 0.529. The Hall–Kier alpha value is -1.35. The number of halogens is 1. The molecule has 2 saturated carbocycles. The van der Waals surface area contributed by atoms with Crippen LogP contribution in [-0.2, 0) is 4.84 Å². The van der Waals surface area contributed by atoms with Gasteiger partial charge in [-0.05, 0) is 54.9 Å². The SMILES string of the molecule is CC1(C)[C@@H]2CC[C@]1(C)/C(=N\OC(=O)c1ccc(Cl)cc1)C2. The van der Waals surface area contributed by atoms with Gasteiger partial charge in [-0.3, -0.25) is 0 Å². The third-order valence-corrected chi connectivity index (χ3v) is 6.08. The summed E-state index contributed by atoms with van der Waals surface area (Å²) >= 11 is 5.81. The van der Waals surface area contributed by atoms with E-state index in [1.807, 2.05) is 0 Å². The van der Waals surface area contributed by atoms with Gasteiger partial charge in [-0.25, -0.2) is 4.79 Å². The maximum Gasteiger partial charge on any atom is 0.365 e. The smallest absolute Gasteiger partial charge is 0.313 e. The van der Waals surface area contributed by atoms with Crippen molar-refractivity contribution < 1.29 is 9.63 Å². The molecule has 0 spiro atoms. The summed E-state index contributed by atoms with van der Waals surface area (Å²) < 4.78 is 0. The first-order chi connectivity index (χ1) is 9.84. The van der Waals surface area contributed by atoms with E-state index >= 15 is 0 Å². The first-order valence-electron chi connectivity index (χ1n) is 7.39. The van der Waals surface area contributed by atoms with E-state index in [2.05, 4.69) is 25.9 Å². The molecule has 0 saturated heterocycles. The standard InChI is InChI=1S/C17H20ClNO2/c1-16(2)12-8-9-17(16,3)14(10-12)19-21-15(20)11-4-6-13(18)7-5-11/h4-7,12H,8-10H2,1-3H3/b19-14-/t12-,17-/m1/s1. The van der Waals surface area contributed by atoms with E-state index in [-0.39, 0.29) is 10.8 Å². The molecule has 2 atom stereocenters. The monoisotopic (exact) mass is 305 g/mol. The second-order valence-electron chi connectivity index (χ2n) is 6.92. The van der Waals surface area contributed by atoms with Crippen LogP contribution in [0, 0.1) is 16.7 Å². The summed E-state index contributed by atoms with van der Waals surface area (Å²) in [7, 11) is 0. The third kappa shape index (κ3) is 2.18. The Morgan fingerprint density at radius 1 is 1.29 bits per heavy atom. The second kappa shape index (κ2) is 4.84. The van der Waals surface area contributed by atoms with Crippen molar-refractivity contribution in [2.45, 2.75) is 40.0 Å². The molecule has 2 fully saturated rings. The van der Waals surface area contributed by atoms with Gasteiger partial charge in [0.05, 0.1) is 11.3 Å². The van der Waals surface area contributed by atoms with Crippen molar-refractivity contribution in [1.29, 1.82) is 0 Å². The Bertz CT molecular complexity index is 606. The van der Waals surface area contributed by atoms with Gasteiger partial charge in [0.2, 0.25) is 0 Å². The average molecular weight is 306 g/mol. The summed E-state index contributed by atoms with van der Waals surface area (Å²) in [4.78, 5) is 17.2. The molecule has 2 aliphatic rings. The van der Waals surface area contributed by atoms with Crippen LogP contribution in [0.25, 0.3) is 0 Å². The molecule has 3 rings (SSSR count). The van der Waals surface area contributed by atoms with Crippen molar-refractivity contribution in [3.8, 4) is 0 Å². The molecule has 21 heavy (non-hydrogen) atoms. The molecule has 0 aliphatic heterocycles. The number of hydrogen-bond donors (Lipinski definition) is 0. The van der Waals surface area contributed by atoms with Crippen molar-refractivity contribution in [2.24, 2.45) is 21.9 Å². The van der Waals surface area contributed by atoms with E-state index < -0.39 is 5.97 Å². The van der Waals surface area contributed by atoms with Crippen LogP contribution < -0.4 is 0 Å². The minimum atomic E-state index is -0.427. The zero-order chi connectivity index (χ0) is 15.3. The molecule has 2 bridgehead atoms. The Morgan fingerprint density at radius 3 is 2.48 bits per heavy atom. The maximum atomic E-state index is 12.0. The summed E-state index contributed by atoms with van der Waals surface area (Å²) in [6, 6.07) is 6.65. The Labute approximate surface area is 130 Å². The summed E-state index contributed by atoms with van der Waals surface area (Å²) in [5.41, 5.74) is 1.79. The van der Waals surface area contributed by atoms with Gasteiger partial charge < -0.3 is 4.84 Å². The topological polar surface area (TPSA) is 38.7 Å². The van der Waals surface area contributed by atoms with Gasteiger partial charge in [0, 0.05) is 10.4 Å². The van der Waals surface area contributed by atoms with Crippen LogP contribution in [0.5, 0.6) is 0 Å². The number of hydrogen-bond acceptors (Lipinski definition) is 3. The van der Waals surface area contributed by atoms with Crippen LogP contribution in [0.4, 0.5) is 0 Å². The normalized spacial score (nSPS) is 31.6. The molecular weight excluding hydrogens is 286 g/mol. The summed E-state index contributed by atoms with van der Waals surface area (Å²) in [5.74, 6) is 0.221. The third-order valence-electron chi connectivity index (χ3n) is 5.83. The van der Waals surface area contributed by atoms with Crippen LogP contribution in [0.1, 0.15) is 50.4 Å². The minimum Gasteiger partial charge on any atom is -0.313 e. The first kappa shape index (κ1) is 14.6. The van der Waals surface area contributed by atoms with E-state index in [9.17, 15) is 4.79 Å². The molecule has 4 heteroatoms. The molecule has 0 heterocycles. The summed E-state index contributed by atoms with van der Waals surface area (Å²) in [6.07, 6.45) is 3.31. The van der Waals surface area contributed by atoms with Gasteiger partial charge in [-0.2, -0.15) is 0 Å². The van der Waals surface area contributed by atoms with E-state index in [4.69, 9.17) is 16.4 Å². The molecule has 2 aliphatic carbocycles. The molecular formula is C17H20ClNO2. The summed E-state index contributed by atoms with van der Waals surface area (Å²) in [5, 5.41) is 4.80. The molecule has 0 aromatic heterocycles. The fourth-order valence-electron chi connectivity index (χ4n) is 3.80. The molecule has 0 unspecified atom stereocenters. The first-order valence-corrected chi connectivity index (χ1v) is 7.77. The number of fused-ring (bicyclic) bond motifs is 2. The van der Waals surface area contributed by atoms with Gasteiger partial charge >= 0.3 is 5.97 Å². The van der Waals surface area contributed by atoms with Gasteiger partial charge in [0.15, 0.2) is 0 Å². The van der Waals surface area contributed by atoms with Gasteiger partial charge in [0.1, 0.15) is 0 Å². The lowest BCUT2D eigenvalue weighted by molar-refractivity contribution is 0.0508.